The second-order valence-corrected chi connectivity index (χ2v) is 8.12. The van der Waals surface area contributed by atoms with Crippen LogP contribution in [0.2, 0.25) is 0 Å². The van der Waals surface area contributed by atoms with Gasteiger partial charge < -0.3 is 14.2 Å². The molecular weight excluding hydrogens is 400 g/mol. The van der Waals surface area contributed by atoms with Crippen LogP contribution in [0.4, 0.5) is 0 Å². The van der Waals surface area contributed by atoms with E-state index in [4.69, 9.17) is 14.2 Å². The molecule has 1 fully saturated rings. The number of benzene rings is 1. The molecule has 0 N–H and O–H groups in total. The van der Waals surface area contributed by atoms with Crippen molar-refractivity contribution in [3.63, 3.8) is 0 Å². The molecule has 0 aliphatic carbocycles. The Labute approximate surface area is 194 Å². The summed E-state index contributed by atoms with van der Waals surface area (Å²) < 4.78 is 16.8. The highest BCUT2D eigenvalue weighted by Gasteiger charge is 2.28. The molecule has 0 aromatic heterocycles. The van der Waals surface area contributed by atoms with Crippen molar-refractivity contribution in [2.75, 3.05) is 13.2 Å². The first kappa shape index (κ1) is 26.1. The third-order valence-corrected chi connectivity index (χ3v) is 5.28. The number of carbonyl (C=O) groups is 1. The largest absolute Gasteiger partial charge is 0.463 e. The van der Waals surface area contributed by atoms with Gasteiger partial charge in [-0.25, -0.2) is 0 Å². The Hall–Kier alpha value is -2.17. The average Bonchev–Trinajstić information content (AvgIpc) is 3.30. The Bertz CT molecular complexity index is 693. The van der Waals surface area contributed by atoms with Gasteiger partial charge in [-0.2, -0.15) is 0 Å². The van der Waals surface area contributed by atoms with Crippen LogP contribution in [0.5, 0.6) is 0 Å². The van der Waals surface area contributed by atoms with Gasteiger partial charge in [-0.3, -0.25) is 4.79 Å². The second-order valence-electron chi connectivity index (χ2n) is 8.12. The fourth-order valence-electron chi connectivity index (χ4n) is 3.47. The van der Waals surface area contributed by atoms with Crippen LogP contribution in [-0.2, 0) is 19.0 Å². The summed E-state index contributed by atoms with van der Waals surface area (Å²) in [7, 11) is 0. The van der Waals surface area contributed by atoms with Gasteiger partial charge in [0.25, 0.3) is 0 Å². The lowest BCUT2D eigenvalue weighted by Crippen LogP contribution is -2.20. The summed E-state index contributed by atoms with van der Waals surface area (Å²) in [6.07, 6.45) is 23.2. The van der Waals surface area contributed by atoms with E-state index in [2.05, 4.69) is 43.4 Å². The number of hydrogen-bond acceptors (Lipinski definition) is 4. The predicted octanol–water partition coefficient (Wildman–Crippen LogP) is 7.23. The molecule has 4 nitrogen and oxygen atoms in total. The van der Waals surface area contributed by atoms with Crippen LogP contribution in [-0.4, -0.2) is 25.3 Å². The van der Waals surface area contributed by atoms with Crippen molar-refractivity contribution < 1.29 is 19.0 Å². The van der Waals surface area contributed by atoms with Crippen molar-refractivity contribution >= 4 is 5.97 Å². The first-order valence-electron chi connectivity index (χ1n) is 12.2. The first-order chi connectivity index (χ1) is 15.8. The van der Waals surface area contributed by atoms with Gasteiger partial charge >= 0.3 is 5.97 Å². The normalized spacial score (nSPS) is 18.9. The van der Waals surface area contributed by atoms with Crippen LogP contribution in [0.3, 0.4) is 0 Å². The molecule has 4 heteroatoms. The minimum absolute atomic E-state index is 0.141. The molecule has 0 spiro atoms. The molecule has 2 rings (SSSR count). The van der Waals surface area contributed by atoms with E-state index in [0.29, 0.717) is 13.0 Å². The highest BCUT2D eigenvalue weighted by Crippen LogP contribution is 2.26. The second kappa shape index (κ2) is 17.4. The van der Waals surface area contributed by atoms with Crippen LogP contribution < -0.4 is 0 Å². The zero-order chi connectivity index (χ0) is 22.7. The van der Waals surface area contributed by atoms with E-state index in [1.165, 1.54) is 19.3 Å². The molecule has 2 atom stereocenters. The number of carbonyl (C=O) groups excluding carboxylic acids is 1. The van der Waals surface area contributed by atoms with Gasteiger partial charge in [-0.1, -0.05) is 93.0 Å². The Kier molecular flexibility index (Phi) is 14.2. The molecule has 1 heterocycles. The molecule has 1 aromatic rings. The first-order valence-corrected chi connectivity index (χ1v) is 12.2. The SMILES string of the molecule is CC/C=C\C/C=C\C/C=C\CCCCCCCC(=O)OC[C@@H]1CO[C@@H](c2ccccc2)O1. The van der Waals surface area contributed by atoms with E-state index in [9.17, 15) is 4.79 Å². The van der Waals surface area contributed by atoms with Crippen LogP contribution in [0.1, 0.15) is 83.0 Å². The number of esters is 1. The Balaban J connectivity index is 1.39. The van der Waals surface area contributed by atoms with E-state index < -0.39 is 0 Å². The van der Waals surface area contributed by atoms with Crippen molar-refractivity contribution in [3.8, 4) is 0 Å². The number of ether oxygens (including phenoxy) is 3. The third kappa shape index (κ3) is 12.0. The number of hydrogen-bond donors (Lipinski definition) is 0. The quantitative estimate of drug-likeness (QED) is 0.154. The molecule has 1 aliphatic rings. The maximum atomic E-state index is 11.9. The van der Waals surface area contributed by atoms with E-state index in [1.54, 1.807) is 0 Å². The molecule has 0 unspecified atom stereocenters. The summed E-state index contributed by atoms with van der Waals surface area (Å²) in [4.78, 5) is 11.9. The van der Waals surface area contributed by atoms with E-state index in [1.807, 2.05) is 30.3 Å². The third-order valence-electron chi connectivity index (χ3n) is 5.28. The molecule has 0 saturated carbocycles. The zero-order valence-corrected chi connectivity index (χ0v) is 19.6. The monoisotopic (exact) mass is 440 g/mol. The lowest BCUT2D eigenvalue weighted by Gasteiger charge is -2.12. The van der Waals surface area contributed by atoms with E-state index in [-0.39, 0.29) is 25.0 Å². The lowest BCUT2D eigenvalue weighted by atomic mass is 10.1. The number of unbranched alkanes of at least 4 members (excludes halogenated alkanes) is 5. The topological polar surface area (TPSA) is 44.8 Å². The van der Waals surface area contributed by atoms with Crippen molar-refractivity contribution in [2.45, 2.75) is 83.5 Å². The van der Waals surface area contributed by atoms with Crippen LogP contribution in [0.25, 0.3) is 0 Å². The smallest absolute Gasteiger partial charge is 0.305 e. The molecule has 176 valence electrons. The maximum absolute atomic E-state index is 11.9. The summed E-state index contributed by atoms with van der Waals surface area (Å²) in [6.45, 7) is 2.87. The standard InChI is InChI=1S/C28H40O4/c1-2-3-4-5-6-7-8-9-10-11-12-13-14-15-19-22-27(29)30-23-26-24-31-28(32-26)25-20-17-16-18-21-25/h3-4,6-7,9-10,16-18,20-21,26,28H,2,5,8,11-15,19,22-24H2,1H3/b4-3-,7-6-,10-9-/t26-,28-/m1/s1. The molecule has 1 aromatic carbocycles. The fourth-order valence-corrected chi connectivity index (χ4v) is 3.47. The summed E-state index contributed by atoms with van der Waals surface area (Å²) in [5, 5.41) is 0. The fraction of sp³-hybridized carbons (Fsp3) is 0.536. The molecule has 0 bridgehead atoms. The van der Waals surface area contributed by atoms with Crippen molar-refractivity contribution in [1.82, 2.24) is 0 Å². The van der Waals surface area contributed by atoms with Crippen LogP contribution >= 0.6 is 0 Å². The van der Waals surface area contributed by atoms with E-state index in [0.717, 1.165) is 44.1 Å². The minimum atomic E-state index is -0.362. The average molecular weight is 441 g/mol. The molecular formula is C28H40O4. The van der Waals surface area contributed by atoms with Crippen LogP contribution in [0, 0.1) is 0 Å². The minimum Gasteiger partial charge on any atom is -0.463 e. The van der Waals surface area contributed by atoms with Gasteiger partial charge in [0.15, 0.2) is 6.29 Å². The maximum Gasteiger partial charge on any atom is 0.305 e. The van der Waals surface area contributed by atoms with Gasteiger partial charge in [0.05, 0.1) is 6.61 Å². The van der Waals surface area contributed by atoms with Gasteiger partial charge in [0.1, 0.15) is 12.7 Å². The molecule has 0 radical (unpaired) electrons. The predicted molar refractivity (Wildman–Crippen MR) is 130 cm³/mol. The Morgan fingerprint density at radius 3 is 2.41 bits per heavy atom. The van der Waals surface area contributed by atoms with E-state index >= 15 is 0 Å². The molecule has 1 aliphatic heterocycles. The van der Waals surface area contributed by atoms with Crippen molar-refractivity contribution in [3.05, 3.63) is 72.4 Å². The van der Waals surface area contributed by atoms with Gasteiger partial charge in [-0.05, 0) is 38.5 Å². The zero-order valence-electron chi connectivity index (χ0n) is 19.6. The Morgan fingerprint density at radius 1 is 0.938 bits per heavy atom. The number of rotatable bonds is 16. The summed E-state index contributed by atoms with van der Waals surface area (Å²) in [5.41, 5.74) is 0.990. The number of allylic oxidation sites excluding steroid dienone is 6. The Morgan fingerprint density at radius 2 is 1.62 bits per heavy atom. The highest BCUT2D eigenvalue weighted by molar-refractivity contribution is 5.69. The van der Waals surface area contributed by atoms with Crippen LogP contribution in [0.15, 0.2) is 66.8 Å². The van der Waals surface area contributed by atoms with Gasteiger partial charge in [-0.15, -0.1) is 0 Å². The summed E-state index contributed by atoms with van der Waals surface area (Å²) >= 11 is 0. The highest BCUT2D eigenvalue weighted by atomic mass is 16.7. The summed E-state index contributed by atoms with van der Waals surface area (Å²) in [5.74, 6) is -0.141. The van der Waals surface area contributed by atoms with Crippen molar-refractivity contribution in [1.29, 1.82) is 0 Å². The summed E-state index contributed by atoms with van der Waals surface area (Å²) in [6, 6.07) is 9.82. The van der Waals surface area contributed by atoms with Crippen molar-refractivity contribution in [2.24, 2.45) is 0 Å². The molecule has 0 amide bonds. The molecule has 1 saturated heterocycles. The van der Waals surface area contributed by atoms with Gasteiger partial charge in [0, 0.05) is 12.0 Å². The van der Waals surface area contributed by atoms with Gasteiger partial charge in [0.2, 0.25) is 0 Å². The molecule has 32 heavy (non-hydrogen) atoms. The lowest BCUT2D eigenvalue weighted by molar-refractivity contribution is -0.148.